The van der Waals surface area contributed by atoms with Gasteiger partial charge in [-0.05, 0) is 35.3 Å². The van der Waals surface area contributed by atoms with Crippen molar-refractivity contribution in [2.75, 3.05) is 18.4 Å². The zero-order valence-electron chi connectivity index (χ0n) is 17.9. The number of carbonyl (C=O) groups excluding carboxylic acids is 2. The van der Waals surface area contributed by atoms with Crippen LogP contribution >= 0.6 is 11.6 Å². The van der Waals surface area contributed by atoms with Crippen molar-refractivity contribution < 1.29 is 14.7 Å². The number of amides is 2. The second kappa shape index (κ2) is 8.98. The highest BCUT2D eigenvalue weighted by atomic mass is 35.5. The normalized spacial score (nSPS) is 14.0. The van der Waals surface area contributed by atoms with E-state index in [9.17, 15) is 14.7 Å². The molecule has 1 aliphatic rings. The first-order chi connectivity index (χ1) is 14.6. The van der Waals surface area contributed by atoms with Gasteiger partial charge < -0.3 is 20.6 Å². The van der Waals surface area contributed by atoms with Gasteiger partial charge in [0.15, 0.2) is 0 Å². The Morgan fingerprint density at radius 1 is 1.32 bits per heavy atom. The van der Waals surface area contributed by atoms with Crippen molar-refractivity contribution in [1.29, 1.82) is 0 Å². The third kappa shape index (κ3) is 5.35. The van der Waals surface area contributed by atoms with Crippen LogP contribution in [0.25, 0.3) is 0 Å². The van der Waals surface area contributed by atoms with Crippen molar-refractivity contribution in [2.45, 2.75) is 38.8 Å². The van der Waals surface area contributed by atoms with E-state index < -0.39 is 0 Å². The molecule has 1 aliphatic heterocycles. The van der Waals surface area contributed by atoms with Crippen molar-refractivity contribution in [3.05, 3.63) is 65.0 Å². The lowest BCUT2D eigenvalue weighted by Gasteiger charge is -2.38. The lowest BCUT2D eigenvalue weighted by atomic mass is 9.86. The van der Waals surface area contributed by atoms with Gasteiger partial charge in [0.25, 0.3) is 5.91 Å². The summed E-state index contributed by atoms with van der Waals surface area (Å²) >= 11 is 6.28. The molecule has 164 valence electrons. The number of benzene rings is 1. The van der Waals surface area contributed by atoms with Crippen LogP contribution in [0, 0.1) is 0 Å². The average molecular weight is 443 g/mol. The quantitative estimate of drug-likeness (QED) is 0.470. The summed E-state index contributed by atoms with van der Waals surface area (Å²) in [6.45, 7) is 10.9. The molecule has 0 radical (unpaired) electrons. The van der Waals surface area contributed by atoms with Crippen LogP contribution in [0.5, 0.6) is 5.75 Å². The van der Waals surface area contributed by atoms with Crippen molar-refractivity contribution in [3.63, 3.8) is 0 Å². The molecule has 0 saturated carbocycles. The smallest absolute Gasteiger partial charge is 0.251 e. The third-order valence-corrected chi connectivity index (χ3v) is 5.45. The van der Waals surface area contributed by atoms with Crippen molar-refractivity contribution in [3.8, 4) is 5.75 Å². The summed E-state index contributed by atoms with van der Waals surface area (Å²) in [6, 6.07) is 6.63. The van der Waals surface area contributed by atoms with E-state index in [0.29, 0.717) is 41.6 Å². The number of phenolic OH excluding ortho intramolecular Hbond substituents is 1. The molecular weight excluding hydrogens is 416 g/mol. The molecule has 2 amide bonds. The standard InChI is InChI=1S/C23H27ClN4O3/c1-5-21(30)28-12-16(13-28)27-22(31)14-6-7-25-15(8-14)11-26-19-9-17(23(2,3)4)18(24)10-20(19)29/h5-10,16,26,29H,1,11-13H2,2-4H3,(H,27,31). The molecule has 1 saturated heterocycles. The minimum absolute atomic E-state index is 0.0514. The zero-order chi connectivity index (χ0) is 22.8. The van der Waals surface area contributed by atoms with Crippen LogP contribution in [0.2, 0.25) is 5.02 Å². The van der Waals surface area contributed by atoms with Gasteiger partial charge in [0.2, 0.25) is 5.91 Å². The highest BCUT2D eigenvalue weighted by Gasteiger charge is 2.30. The summed E-state index contributed by atoms with van der Waals surface area (Å²) < 4.78 is 0. The van der Waals surface area contributed by atoms with Gasteiger partial charge >= 0.3 is 0 Å². The Kier molecular flexibility index (Phi) is 6.55. The number of pyridine rings is 1. The van der Waals surface area contributed by atoms with E-state index in [0.717, 1.165) is 5.56 Å². The summed E-state index contributed by atoms with van der Waals surface area (Å²) in [4.78, 5) is 29.9. The number of rotatable bonds is 6. The first-order valence-corrected chi connectivity index (χ1v) is 10.4. The topological polar surface area (TPSA) is 94.6 Å². The van der Waals surface area contributed by atoms with Crippen LogP contribution in [0.3, 0.4) is 0 Å². The van der Waals surface area contributed by atoms with Gasteiger partial charge in [-0.3, -0.25) is 14.6 Å². The molecule has 3 rings (SSSR count). The van der Waals surface area contributed by atoms with E-state index in [2.05, 4.69) is 22.2 Å². The van der Waals surface area contributed by atoms with Gasteiger partial charge in [0, 0.05) is 35.9 Å². The number of nitrogens with one attached hydrogen (secondary N) is 2. The number of likely N-dealkylation sites (tertiary alicyclic amines) is 1. The maximum atomic E-state index is 12.5. The Bertz CT molecular complexity index is 1010. The van der Waals surface area contributed by atoms with Gasteiger partial charge in [0.1, 0.15) is 5.75 Å². The number of nitrogens with zero attached hydrogens (tertiary/aromatic N) is 2. The van der Waals surface area contributed by atoms with Crippen LogP contribution in [0.4, 0.5) is 5.69 Å². The van der Waals surface area contributed by atoms with Gasteiger partial charge in [-0.1, -0.05) is 39.0 Å². The molecule has 0 bridgehead atoms. The molecule has 8 heteroatoms. The molecule has 0 aliphatic carbocycles. The van der Waals surface area contributed by atoms with Crippen LogP contribution in [0.15, 0.2) is 43.1 Å². The number of hydrogen-bond acceptors (Lipinski definition) is 5. The van der Waals surface area contributed by atoms with E-state index >= 15 is 0 Å². The Balaban J connectivity index is 1.63. The Hall–Kier alpha value is -3.06. The molecule has 0 spiro atoms. The second-order valence-electron chi connectivity index (χ2n) is 8.61. The highest BCUT2D eigenvalue weighted by molar-refractivity contribution is 6.31. The molecule has 7 nitrogen and oxygen atoms in total. The largest absolute Gasteiger partial charge is 0.506 e. The number of halogens is 1. The molecule has 1 aromatic heterocycles. The molecule has 31 heavy (non-hydrogen) atoms. The highest BCUT2D eigenvalue weighted by Crippen LogP contribution is 2.37. The Labute approximate surface area is 187 Å². The number of anilines is 1. The van der Waals surface area contributed by atoms with Crippen LogP contribution in [0.1, 0.15) is 42.4 Å². The van der Waals surface area contributed by atoms with E-state index in [-0.39, 0.29) is 29.0 Å². The van der Waals surface area contributed by atoms with Gasteiger partial charge in [-0.15, -0.1) is 0 Å². The minimum Gasteiger partial charge on any atom is -0.506 e. The summed E-state index contributed by atoms with van der Waals surface area (Å²) in [6.07, 6.45) is 2.84. The molecule has 3 N–H and O–H groups in total. The molecule has 2 heterocycles. The van der Waals surface area contributed by atoms with Crippen LogP contribution in [-0.4, -0.2) is 45.9 Å². The summed E-state index contributed by atoms with van der Waals surface area (Å²) in [7, 11) is 0. The second-order valence-corrected chi connectivity index (χ2v) is 9.01. The summed E-state index contributed by atoms with van der Waals surface area (Å²) in [5.41, 5.74) is 2.42. The van der Waals surface area contributed by atoms with Crippen LogP contribution < -0.4 is 10.6 Å². The molecule has 1 aromatic carbocycles. The predicted molar refractivity (Wildman–Crippen MR) is 121 cm³/mol. The van der Waals surface area contributed by atoms with Gasteiger partial charge in [-0.25, -0.2) is 0 Å². The fourth-order valence-corrected chi connectivity index (χ4v) is 3.77. The lowest BCUT2D eigenvalue weighted by molar-refractivity contribution is -0.130. The summed E-state index contributed by atoms with van der Waals surface area (Å²) in [5.74, 6) is -0.304. The predicted octanol–water partition coefficient (Wildman–Crippen LogP) is 3.48. The Morgan fingerprint density at radius 2 is 2.03 bits per heavy atom. The van der Waals surface area contributed by atoms with Crippen molar-refractivity contribution >= 4 is 29.1 Å². The van der Waals surface area contributed by atoms with Crippen molar-refractivity contribution in [2.24, 2.45) is 0 Å². The fourth-order valence-electron chi connectivity index (χ4n) is 3.33. The molecular formula is C23H27ClN4O3. The van der Waals surface area contributed by atoms with Crippen molar-refractivity contribution in [1.82, 2.24) is 15.2 Å². The molecule has 0 atom stereocenters. The number of aromatic nitrogens is 1. The van der Waals surface area contributed by atoms with Crippen LogP contribution in [-0.2, 0) is 16.8 Å². The number of phenols is 1. The van der Waals surface area contributed by atoms with E-state index in [4.69, 9.17) is 11.6 Å². The zero-order valence-corrected chi connectivity index (χ0v) is 18.7. The molecule has 0 unspecified atom stereocenters. The van der Waals surface area contributed by atoms with E-state index in [1.807, 2.05) is 26.8 Å². The number of aromatic hydroxyl groups is 1. The third-order valence-electron chi connectivity index (χ3n) is 5.14. The number of hydrogen-bond donors (Lipinski definition) is 3. The van der Waals surface area contributed by atoms with E-state index in [1.165, 1.54) is 12.1 Å². The first-order valence-electron chi connectivity index (χ1n) is 10.0. The SMILES string of the molecule is C=CC(=O)N1CC(NC(=O)c2ccnc(CNc3cc(C(C)(C)C)c(Cl)cc3O)c2)C1. The molecule has 2 aromatic rings. The maximum Gasteiger partial charge on any atom is 0.251 e. The fraction of sp³-hybridized carbons (Fsp3) is 0.348. The molecule has 1 fully saturated rings. The van der Waals surface area contributed by atoms with Gasteiger partial charge in [-0.2, -0.15) is 0 Å². The lowest BCUT2D eigenvalue weighted by Crippen LogP contribution is -2.60. The average Bonchev–Trinajstić information content (AvgIpc) is 2.68. The maximum absolute atomic E-state index is 12.5. The minimum atomic E-state index is -0.219. The number of carbonyl (C=O) groups is 2. The van der Waals surface area contributed by atoms with Gasteiger partial charge in [0.05, 0.1) is 24.0 Å². The summed E-state index contributed by atoms with van der Waals surface area (Å²) in [5, 5.41) is 16.8. The Morgan fingerprint density at radius 3 is 2.68 bits per heavy atom. The van der Waals surface area contributed by atoms with E-state index in [1.54, 1.807) is 23.2 Å². The monoisotopic (exact) mass is 442 g/mol. The first kappa shape index (κ1) is 22.6.